The van der Waals surface area contributed by atoms with Crippen LogP contribution in [0.4, 0.5) is 0 Å². The zero-order chi connectivity index (χ0) is 19.1. The average molecular weight is 398 g/mol. The standard InChI is InChI=1S/C22H23NO2S2/c1-26-21-10-7-17(15-23-21)20-14-22(11-3-4-12-22)13-19(20)16-5-8-18(9-6-16)27(2,24)25/h5-10,13-15H,3-4,11-12H2,1-2H3. The molecule has 0 unspecified atom stereocenters. The van der Waals surface area contributed by atoms with Gasteiger partial charge in [0.1, 0.15) is 0 Å². The number of aromatic nitrogens is 1. The van der Waals surface area contributed by atoms with Crippen LogP contribution in [0.15, 0.2) is 64.7 Å². The smallest absolute Gasteiger partial charge is 0.175 e. The van der Waals surface area contributed by atoms with E-state index in [0.29, 0.717) is 4.90 Å². The van der Waals surface area contributed by atoms with Crippen molar-refractivity contribution in [2.45, 2.75) is 35.6 Å². The summed E-state index contributed by atoms with van der Waals surface area (Å²) in [6, 6.07) is 11.5. The van der Waals surface area contributed by atoms with E-state index in [9.17, 15) is 8.42 Å². The Kier molecular flexibility index (Phi) is 4.77. The van der Waals surface area contributed by atoms with Gasteiger partial charge in [-0.1, -0.05) is 43.2 Å². The molecule has 2 aliphatic rings. The maximum absolute atomic E-state index is 11.8. The highest BCUT2D eigenvalue weighted by Crippen LogP contribution is 2.51. The van der Waals surface area contributed by atoms with E-state index in [4.69, 9.17) is 0 Å². The van der Waals surface area contributed by atoms with Crippen LogP contribution in [0.1, 0.15) is 36.8 Å². The van der Waals surface area contributed by atoms with E-state index >= 15 is 0 Å². The Balaban J connectivity index is 1.77. The predicted octanol–water partition coefficient (Wildman–Crippen LogP) is 5.25. The molecule has 27 heavy (non-hydrogen) atoms. The van der Waals surface area contributed by atoms with Gasteiger partial charge >= 0.3 is 0 Å². The first kappa shape index (κ1) is 18.5. The van der Waals surface area contributed by atoms with Gasteiger partial charge in [-0.15, -0.1) is 11.8 Å². The second-order valence-corrected chi connectivity index (χ2v) is 10.3. The number of hydrogen-bond donors (Lipinski definition) is 0. The summed E-state index contributed by atoms with van der Waals surface area (Å²) in [5.41, 5.74) is 4.72. The first-order valence-electron chi connectivity index (χ1n) is 9.17. The van der Waals surface area contributed by atoms with Crippen LogP contribution in [0.2, 0.25) is 0 Å². The summed E-state index contributed by atoms with van der Waals surface area (Å²) in [6.07, 6.45) is 14.9. The molecule has 1 spiro atoms. The zero-order valence-electron chi connectivity index (χ0n) is 15.6. The van der Waals surface area contributed by atoms with Crippen molar-refractivity contribution in [3.8, 4) is 0 Å². The molecule has 1 saturated carbocycles. The topological polar surface area (TPSA) is 47.0 Å². The van der Waals surface area contributed by atoms with E-state index in [1.807, 2.05) is 24.6 Å². The van der Waals surface area contributed by atoms with Crippen LogP contribution in [-0.4, -0.2) is 25.9 Å². The van der Waals surface area contributed by atoms with Gasteiger partial charge in [0.2, 0.25) is 0 Å². The molecule has 5 heteroatoms. The lowest BCUT2D eigenvalue weighted by Crippen LogP contribution is -2.05. The Labute approximate surface area is 165 Å². The number of thioether (sulfide) groups is 1. The van der Waals surface area contributed by atoms with Crippen molar-refractivity contribution in [2.24, 2.45) is 5.41 Å². The van der Waals surface area contributed by atoms with E-state index in [0.717, 1.165) is 16.2 Å². The minimum absolute atomic E-state index is 0.137. The molecule has 3 nitrogen and oxygen atoms in total. The largest absolute Gasteiger partial charge is 0.249 e. The normalized spacial score (nSPS) is 18.6. The molecule has 4 rings (SSSR count). The van der Waals surface area contributed by atoms with Crippen LogP contribution in [0.25, 0.3) is 11.1 Å². The summed E-state index contributed by atoms with van der Waals surface area (Å²) in [5.74, 6) is 0. The highest BCUT2D eigenvalue weighted by atomic mass is 32.2. The van der Waals surface area contributed by atoms with E-state index in [1.54, 1.807) is 23.9 Å². The fourth-order valence-corrected chi connectivity index (χ4v) is 5.11. The van der Waals surface area contributed by atoms with Crippen LogP contribution < -0.4 is 0 Å². The first-order chi connectivity index (χ1) is 12.9. The van der Waals surface area contributed by atoms with Crippen LogP contribution in [0, 0.1) is 5.41 Å². The van der Waals surface area contributed by atoms with E-state index in [2.05, 4.69) is 29.3 Å². The van der Waals surface area contributed by atoms with E-state index < -0.39 is 9.84 Å². The predicted molar refractivity (Wildman–Crippen MR) is 112 cm³/mol. The minimum Gasteiger partial charge on any atom is -0.249 e. The van der Waals surface area contributed by atoms with Crippen LogP contribution in [0.5, 0.6) is 0 Å². The number of nitrogens with zero attached hydrogens (tertiary/aromatic N) is 1. The van der Waals surface area contributed by atoms with Gasteiger partial charge in [0.25, 0.3) is 0 Å². The first-order valence-corrected chi connectivity index (χ1v) is 12.3. The third kappa shape index (κ3) is 3.63. The third-order valence-corrected chi connectivity index (χ3v) is 7.33. The highest BCUT2D eigenvalue weighted by molar-refractivity contribution is 7.98. The van der Waals surface area contributed by atoms with Gasteiger partial charge in [-0.05, 0) is 54.0 Å². The molecule has 0 atom stereocenters. The lowest BCUT2D eigenvalue weighted by molar-refractivity contribution is 0.523. The highest BCUT2D eigenvalue weighted by Gasteiger charge is 2.36. The van der Waals surface area contributed by atoms with Crippen LogP contribution >= 0.6 is 11.8 Å². The molecule has 0 radical (unpaired) electrons. The molecule has 2 aliphatic carbocycles. The SMILES string of the molecule is CSc1ccc(C2=CC3(C=C2c2ccc(S(C)(=O)=O)cc2)CCCC3)cn1. The summed E-state index contributed by atoms with van der Waals surface area (Å²) in [4.78, 5) is 4.91. The summed E-state index contributed by atoms with van der Waals surface area (Å²) < 4.78 is 23.6. The molecular formula is C22H23NO2S2. The molecule has 0 saturated heterocycles. The van der Waals surface area contributed by atoms with Crippen molar-refractivity contribution in [1.82, 2.24) is 4.98 Å². The van der Waals surface area contributed by atoms with E-state index in [-0.39, 0.29) is 5.41 Å². The van der Waals surface area contributed by atoms with Gasteiger partial charge in [0, 0.05) is 23.4 Å². The Morgan fingerprint density at radius 3 is 2.04 bits per heavy atom. The Morgan fingerprint density at radius 2 is 1.52 bits per heavy atom. The fraction of sp³-hybridized carbons (Fsp3) is 0.318. The Bertz CT molecular complexity index is 1010. The van der Waals surface area contributed by atoms with Crippen molar-refractivity contribution in [2.75, 3.05) is 12.5 Å². The summed E-state index contributed by atoms with van der Waals surface area (Å²) >= 11 is 1.64. The van der Waals surface area contributed by atoms with Crippen molar-refractivity contribution in [3.05, 3.63) is 65.9 Å². The molecule has 0 aliphatic heterocycles. The fourth-order valence-electron chi connectivity index (χ4n) is 4.11. The number of hydrogen-bond acceptors (Lipinski definition) is 4. The summed E-state index contributed by atoms with van der Waals surface area (Å²) in [5, 5.41) is 1.01. The lowest BCUT2D eigenvalue weighted by Gasteiger charge is -2.16. The zero-order valence-corrected chi connectivity index (χ0v) is 17.2. The Hall–Kier alpha value is -1.85. The summed E-state index contributed by atoms with van der Waals surface area (Å²) in [6.45, 7) is 0. The maximum atomic E-state index is 11.8. The Morgan fingerprint density at radius 1 is 0.926 bits per heavy atom. The van der Waals surface area contributed by atoms with E-state index in [1.165, 1.54) is 43.1 Å². The van der Waals surface area contributed by atoms with Crippen molar-refractivity contribution in [3.63, 3.8) is 0 Å². The number of sulfone groups is 1. The van der Waals surface area contributed by atoms with Crippen molar-refractivity contribution < 1.29 is 8.42 Å². The van der Waals surface area contributed by atoms with Gasteiger partial charge in [-0.25, -0.2) is 13.4 Å². The van der Waals surface area contributed by atoms with Gasteiger partial charge in [0.15, 0.2) is 9.84 Å². The van der Waals surface area contributed by atoms with Gasteiger partial charge in [0.05, 0.1) is 9.92 Å². The molecule has 140 valence electrons. The third-order valence-electron chi connectivity index (χ3n) is 5.54. The molecule has 0 N–H and O–H groups in total. The van der Waals surface area contributed by atoms with Gasteiger partial charge in [-0.2, -0.15) is 0 Å². The number of benzene rings is 1. The second-order valence-electron chi connectivity index (χ2n) is 7.44. The maximum Gasteiger partial charge on any atom is 0.175 e. The molecule has 1 fully saturated rings. The molecule has 0 bridgehead atoms. The van der Waals surface area contributed by atoms with Crippen LogP contribution in [0.3, 0.4) is 0 Å². The minimum atomic E-state index is -3.19. The molecule has 1 heterocycles. The quantitative estimate of drug-likeness (QED) is 0.661. The number of pyridine rings is 1. The van der Waals surface area contributed by atoms with Crippen LogP contribution in [-0.2, 0) is 9.84 Å². The molecule has 1 aromatic carbocycles. The summed E-state index contributed by atoms with van der Waals surface area (Å²) in [7, 11) is -3.19. The molecule has 2 aromatic rings. The number of allylic oxidation sites excluding steroid dienone is 4. The monoisotopic (exact) mass is 397 g/mol. The average Bonchev–Trinajstić information content (AvgIpc) is 3.28. The molecule has 1 aromatic heterocycles. The van der Waals surface area contributed by atoms with Crippen molar-refractivity contribution in [1.29, 1.82) is 0 Å². The van der Waals surface area contributed by atoms with Gasteiger partial charge in [-0.3, -0.25) is 0 Å². The number of rotatable bonds is 4. The second kappa shape index (κ2) is 6.95. The molecule has 0 amide bonds. The lowest BCUT2D eigenvalue weighted by atomic mass is 9.88. The molecular weight excluding hydrogens is 374 g/mol. The van der Waals surface area contributed by atoms with Gasteiger partial charge < -0.3 is 0 Å². The van der Waals surface area contributed by atoms with Crippen molar-refractivity contribution >= 4 is 32.7 Å².